The maximum atomic E-state index is 5.12. The van der Waals surface area contributed by atoms with Gasteiger partial charge in [-0.1, -0.05) is 12.1 Å². The molecule has 1 heterocycles. The normalized spacial score (nSPS) is 10.4. The number of methoxy groups -OCH3 is 1. The molecular formula is C13H16N2OS. The van der Waals surface area contributed by atoms with Crippen LogP contribution in [0.2, 0.25) is 0 Å². The number of benzene rings is 1. The van der Waals surface area contributed by atoms with Gasteiger partial charge in [-0.2, -0.15) is 0 Å². The van der Waals surface area contributed by atoms with E-state index in [0.29, 0.717) is 0 Å². The van der Waals surface area contributed by atoms with Crippen molar-refractivity contribution in [1.29, 1.82) is 0 Å². The molecule has 1 N–H and O–H groups in total. The Morgan fingerprint density at radius 2 is 2.12 bits per heavy atom. The molecule has 2 rings (SSSR count). The standard InChI is InChI=1S/C13H16N2OS/c1-16-12-4-2-11(3-5-12)10-14-7-6-13-15-8-9-17-13/h2-5,8-9,14H,6-7,10H2,1H3. The van der Waals surface area contributed by atoms with Crippen LogP contribution in [0, 0.1) is 0 Å². The Balaban J connectivity index is 1.70. The van der Waals surface area contributed by atoms with Gasteiger partial charge in [0.1, 0.15) is 5.75 Å². The zero-order valence-electron chi connectivity index (χ0n) is 9.85. The predicted molar refractivity (Wildman–Crippen MR) is 70.5 cm³/mol. The van der Waals surface area contributed by atoms with Crippen molar-refractivity contribution >= 4 is 11.3 Å². The SMILES string of the molecule is COc1ccc(CNCCc2nccs2)cc1. The summed E-state index contributed by atoms with van der Waals surface area (Å²) < 4.78 is 5.12. The third-order valence-corrected chi connectivity index (χ3v) is 3.33. The van der Waals surface area contributed by atoms with Crippen molar-refractivity contribution in [2.45, 2.75) is 13.0 Å². The highest BCUT2D eigenvalue weighted by Gasteiger charge is 1.96. The van der Waals surface area contributed by atoms with E-state index in [2.05, 4.69) is 22.4 Å². The Labute approximate surface area is 105 Å². The molecule has 3 nitrogen and oxygen atoms in total. The van der Waals surface area contributed by atoms with E-state index in [1.54, 1.807) is 18.4 Å². The fourth-order valence-corrected chi connectivity index (χ4v) is 2.17. The lowest BCUT2D eigenvalue weighted by molar-refractivity contribution is 0.414. The average Bonchev–Trinajstić information content (AvgIpc) is 2.88. The van der Waals surface area contributed by atoms with Crippen molar-refractivity contribution in [3.63, 3.8) is 0 Å². The molecule has 0 amide bonds. The van der Waals surface area contributed by atoms with E-state index >= 15 is 0 Å². The summed E-state index contributed by atoms with van der Waals surface area (Å²) in [7, 11) is 1.68. The second-order valence-corrected chi connectivity index (χ2v) is 4.68. The Morgan fingerprint density at radius 1 is 1.29 bits per heavy atom. The molecule has 0 saturated heterocycles. The predicted octanol–water partition coefficient (Wildman–Crippen LogP) is 2.48. The van der Waals surface area contributed by atoms with E-state index in [9.17, 15) is 0 Å². The van der Waals surface area contributed by atoms with Crippen LogP contribution in [0.3, 0.4) is 0 Å². The first-order valence-electron chi connectivity index (χ1n) is 5.60. The molecule has 0 unspecified atom stereocenters. The number of hydrogen-bond acceptors (Lipinski definition) is 4. The number of nitrogens with zero attached hydrogens (tertiary/aromatic N) is 1. The van der Waals surface area contributed by atoms with Gasteiger partial charge in [0.25, 0.3) is 0 Å². The third-order valence-electron chi connectivity index (χ3n) is 2.49. The minimum atomic E-state index is 0.884. The zero-order chi connectivity index (χ0) is 11.9. The van der Waals surface area contributed by atoms with Crippen LogP contribution in [0.1, 0.15) is 10.6 Å². The van der Waals surface area contributed by atoms with Gasteiger partial charge in [-0.05, 0) is 17.7 Å². The number of nitrogens with one attached hydrogen (secondary N) is 1. The number of thiazole rings is 1. The Morgan fingerprint density at radius 3 is 2.76 bits per heavy atom. The molecule has 2 aromatic rings. The number of ether oxygens (including phenoxy) is 1. The summed E-state index contributed by atoms with van der Waals surface area (Å²) in [4.78, 5) is 4.25. The van der Waals surface area contributed by atoms with E-state index < -0.39 is 0 Å². The summed E-state index contributed by atoms with van der Waals surface area (Å²) in [5.74, 6) is 0.900. The van der Waals surface area contributed by atoms with Crippen molar-refractivity contribution < 1.29 is 4.74 Å². The topological polar surface area (TPSA) is 34.1 Å². The molecule has 1 aromatic carbocycles. The molecule has 0 spiro atoms. The van der Waals surface area contributed by atoms with Crippen molar-refractivity contribution in [3.8, 4) is 5.75 Å². The smallest absolute Gasteiger partial charge is 0.118 e. The Kier molecular flexibility index (Phi) is 4.53. The van der Waals surface area contributed by atoms with Gasteiger partial charge in [0, 0.05) is 31.1 Å². The van der Waals surface area contributed by atoms with E-state index in [1.165, 1.54) is 10.6 Å². The van der Waals surface area contributed by atoms with Gasteiger partial charge in [0.15, 0.2) is 0 Å². The van der Waals surface area contributed by atoms with Crippen LogP contribution in [0.15, 0.2) is 35.8 Å². The number of rotatable bonds is 6. The van der Waals surface area contributed by atoms with Crippen LogP contribution in [-0.4, -0.2) is 18.6 Å². The molecule has 0 bridgehead atoms. The molecule has 0 aliphatic rings. The second-order valence-electron chi connectivity index (χ2n) is 3.70. The quantitative estimate of drug-likeness (QED) is 0.797. The molecule has 1 aromatic heterocycles. The van der Waals surface area contributed by atoms with E-state index in [0.717, 1.165) is 25.3 Å². The van der Waals surface area contributed by atoms with E-state index in [4.69, 9.17) is 4.74 Å². The van der Waals surface area contributed by atoms with Crippen LogP contribution in [-0.2, 0) is 13.0 Å². The molecule has 0 aliphatic carbocycles. The summed E-state index contributed by atoms with van der Waals surface area (Å²) in [5, 5.41) is 6.60. The Hall–Kier alpha value is -1.39. The van der Waals surface area contributed by atoms with E-state index in [1.807, 2.05) is 23.7 Å². The van der Waals surface area contributed by atoms with Gasteiger partial charge < -0.3 is 10.1 Å². The van der Waals surface area contributed by atoms with Crippen LogP contribution >= 0.6 is 11.3 Å². The fraction of sp³-hybridized carbons (Fsp3) is 0.308. The highest BCUT2D eigenvalue weighted by Crippen LogP contribution is 2.11. The highest BCUT2D eigenvalue weighted by atomic mass is 32.1. The molecule has 0 atom stereocenters. The summed E-state index contributed by atoms with van der Waals surface area (Å²) in [6.45, 7) is 1.84. The first-order chi connectivity index (χ1) is 8.38. The van der Waals surface area contributed by atoms with Crippen molar-refractivity contribution in [3.05, 3.63) is 46.4 Å². The van der Waals surface area contributed by atoms with Gasteiger partial charge in [0.2, 0.25) is 0 Å². The van der Waals surface area contributed by atoms with Crippen molar-refractivity contribution in [1.82, 2.24) is 10.3 Å². The minimum absolute atomic E-state index is 0.884. The maximum Gasteiger partial charge on any atom is 0.118 e. The number of hydrogen-bond donors (Lipinski definition) is 1. The minimum Gasteiger partial charge on any atom is -0.497 e. The average molecular weight is 248 g/mol. The van der Waals surface area contributed by atoms with Gasteiger partial charge >= 0.3 is 0 Å². The lowest BCUT2D eigenvalue weighted by atomic mass is 10.2. The number of aromatic nitrogens is 1. The third kappa shape index (κ3) is 3.84. The molecule has 0 radical (unpaired) electrons. The first-order valence-corrected chi connectivity index (χ1v) is 6.48. The summed E-state index contributed by atoms with van der Waals surface area (Å²) in [6, 6.07) is 8.13. The van der Waals surface area contributed by atoms with Gasteiger partial charge in [-0.3, -0.25) is 0 Å². The lowest BCUT2D eigenvalue weighted by Gasteiger charge is -2.05. The monoisotopic (exact) mass is 248 g/mol. The maximum absolute atomic E-state index is 5.12. The molecule has 4 heteroatoms. The molecule has 90 valence electrons. The summed E-state index contributed by atoms with van der Waals surface area (Å²) >= 11 is 1.71. The summed E-state index contributed by atoms with van der Waals surface area (Å²) in [5.41, 5.74) is 1.27. The first kappa shape index (κ1) is 12.1. The lowest BCUT2D eigenvalue weighted by Crippen LogP contribution is -2.16. The molecule has 17 heavy (non-hydrogen) atoms. The summed E-state index contributed by atoms with van der Waals surface area (Å²) in [6.07, 6.45) is 2.84. The molecule has 0 aliphatic heterocycles. The van der Waals surface area contributed by atoms with Crippen LogP contribution < -0.4 is 10.1 Å². The highest BCUT2D eigenvalue weighted by molar-refractivity contribution is 7.09. The zero-order valence-corrected chi connectivity index (χ0v) is 10.7. The Bertz CT molecular complexity index is 425. The molecule has 0 fully saturated rings. The van der Waals surface area contributed by atoms with Crippen molar-refractivity contribution in [2.24, 2.45) is 0 Å². The van der Waals surface area contributed by atoms with Crippen molar-refractivity contribution in [2.75, 3.05) is 13.7 Å². The van der Waals surface area contributed by atoms with Gasteiger partial charge in [-0.15, -0.1) is 11.3 Å². The van der Waals surface area contributed by atoms with Crippen LogP contribution in [0.5, 0.6) is 5.75 Å². The fourth-order valence-electron chi connectivity index (χ4n) is 1.55. The molecular weight excluding hydrogens is 232 g/mol. The van der Waals surface area contributed by atoms with Gasteiger partial charge in [-0.25, -0.2) is 4.98 Å². The second kappa shape index (κ2) is 6.37. The van der Waals surface area contributed by atoms with Crippen LogP contribution in [0.25, 0.3) is 0 Å². The largest absolute Gasteiger partial charge is 0.497 e. The van der Waals surface area contributed by atoms with Crippen LogP contribution in [0.4, 0.5) is 0 Å². The van der Waals surface area contributed by atoms with Gasteiger partial charge in [0.05, 0.1) is 12.1 Å². The van der Waals surface area contributed by atoms with E-state index in [-0.39, 0.29) is 0 Å². The molecule has 0 saturated carbocycles.